The SMILES string of the molecule is O=S(=O)(CCC(O)COCc1ccccc1)c1ccccc1. The van der Waals surface area contributed by atoms with Crippen LogP contribution >= 0.6 is 0 Å². The summed E-state index contributed by atoms with van der Waals surface area (Å²) < 4.78 is 29.6. The summed E-state index contributed by atoms with van der Waals surface area (Å²) in [6, 6.07) is 17.9. The molecule has 0 aliphatic carbocycles. The molecule has 0 heterocycles. The molecule has 0 amide bonds. The maximum atomic E-state index is 12.1. The molecule has 1 unspecified atom stereocenters. The summed E-state index contributed by atoms with van der Waals surface area (Å²) in [4.78, 5) is 0.285. The first kappa shape index (κ1) is 16.7. The molecule has 2 aromatic carbocycles. The van der Waals surface area contributed by atoms with E-state index in [0.29, 0.717) is 6.61 Å². The lowest BCUT2D eigenvalue weighted by Gasteiger charge is -2.11. The minimum atomic E-state index is -3.35. The molecule has 0 spiro atoms. The normalized spacial score (nSPS) is 13.0. The van der Waals surface area contributed by atoms with Crippen LogP contribution in [-0.4, -0.2) is 32.0 Å². The second kappa shape index (κ2) is 8.08. The maximum Gasteiger partial charge on any atom is 0.178 e. The zero-order chi connectivity index (χ0) is 15.8. The summed E-state index contributed by atoms with van der Waals surface area (Å²) >= 11 is 0. The Balaban J connectivity index is 1.75. The standard InChI is InChI=1S/C17H20O4S/c18-16(14-21-13-15-7-3-1-4-8-15)11-12-22(19,20)17-9-5-2-6-10-17/h1-10,16,18H,11-14H2. The summed E-state index contributed by atoms with van der Waals surface area (Å²) in [5.74, 6) is -0.0904. The van der Waals surface area contributed by atoms with Crippen LogP contribution in [-0.2, 0) is 21.2 Å². The Hall–Kier alpha value is -1.69. The van der Waals surface area contributed by atoms with Crippen LogP contribution < -0.4 is 0 Å². The number of sulfone groups is 1. The number of hydrogen-bond acceptors (Lipinski definition) is 4. The summed E-state index contributed by atoms with van der Waals surface area (Å²) in [5, 5.41) is 9.85. The fraction of sp³-hybridized carbons (Fsp3) is 0.294. The van der Waals surface area contributed by atoms with Crippen molar-refractivity contribution >= 4 is 9.84 Å². The highest BCUT2D eigenvalue weighted by molar-refractivity contribution is 7.91. The predicted molar refractivity (Wildman–Crippen MR) is 85.2 cm³/mol. The molecular weight excluding hydrogens is 300 g/mol. The van der Waals surface area contributed by atoms with E-state index in [1.54, 1.807) is 30.3 Å². The molecule has 0 bridgehead atoms. The number of ether oxygens (including phenoxy) is 1. The van der Waals surface area contributed by atoms with E-state index in [1.807, 2.05) is 30.3 Å². The molecule has 0 fully saturated rings. The van der Waals surface area contributed by atoms with Crippen molar-refractivity contribution in [1.29, 1.82) is 0 Å². The fourth-order valence-electron chi connectivity index (χ4n) is 2.01. The van der Waals surface area contributed by atoms with E-state index in [1.165, 1.54) is 0 Å². The molecule has 0 radical (unpaired) electrons. The lowest BCUT2D eigenvalue weighted by atomic mass is 10.2. The van der Waals surface area contributed by atoms with Crippen LogP contribution in [0.15, 0.2) is 65.6 Å². The van der Waals surface area contributed by atoms with Crippen LogP contribution in [0, 0.1) is 0 Å². The number of rotatable bonds is 8. The minimum absolute atomic E-state index is 0.0904. The van der Waals surface area contributed by atoms with E-state index >= 15 is 0 Å². The van der Waals surface area contributed by atoms with Gasteiger partial charge in [0, 0.05) is 0 Å². The summed E-state index contributed by atoms with van der Waals surface area (Å²) in [5.41, 5.74) is 1.02. The monoisotopic (exact) mass is 320 g/mol. The van der Waals surface area contributed by atoms with Gasteiger partial charge in [0.15, 0.2) is 9.84 Å². The van der Waals surface area contributed by atoms with Gasteiger partial charge in [0.2, 0.25) is 0 Å². The number of hydrogen-bond donors (Lipinski definition) is 1. The van der Waals surface area contributed by atoms with Gasteiger partial charge in [-0.2, -0.15) is 0 Å². The zero-order valence-corrected chi connectivity index (χ0v) is 13.1. The third-order valence-electron chi connectivity index (χ3n) is 3.24. The second-order valence-corrected chi connectivity index (χ2v) is 7.18. The van der Waals surface area contributed by atoms with E-state index in [-0.39, 0.29) is 23.7 Å². The second-order valence-electron chi connectivity index (χ2n) is 5.08. The van der Waals surface area contributed by atoms with Crippen molar-refractivity contribution in [2.24, 2.45) is 0 Å². The number of benzene rings is 2. The molecule has 1 N–H and O–H groups in total. The van der Waals surface area contributed by atoms with Crippen molar-refractivity contribution in [3.05, 3.63) is 66.2 Å². The van der Waals surface area contributed by atoms with Gasteiger partial charge in [-0.25, -0.2) is 8.42 Å². The van der Waals surface area contributed by atoms with Crippen molar-refractivity contribution < 1.29 is 18.3 Å². The van der Waals surface area contributed by atoms with Crippen LogP contribution in [0.2, 0.25) is 0 Å². The van der Waals surface area contributed by atoms with Crippen molar-refractivity contribution in [3.63, 3.8) is 0 Å². The van der Waals surface area contributed by atoms with E-state index < -0.39 is 15.9 Å². The molecule has 0 aliphatic rings. The van der Waals surface area contributed by atoms with Gasteiger partial charge in [-0.15, -0.1) is 0 Å². The van der Waals surface area contributed by atoms with Gasteiger partial charge in [-0.3, -0.25) is 0 Å². The van der Waals surface area contributed by atoms with E-state index in [2.05, 4.69) is 0 Å². The van der Waals surface area contributed by atoms with Crippen LogP contribution in [0.5, 0.6) is 0 Å². The van der Waals surface area contributed by atoms with Gasteiger partial charge in [0.25, 0.3) is 0 Å². The first-order valence-electron chi connectivity index (χ1n) is 7.15. The summed E-state index contributed by atoms with van der Waals surface area (Å²) in [6.45, 7) is 0.530. The van der Waals surface area contributed by atoms with Gasteiger partial charge in [0.1, 0.15) is 0 Å². The van der Waals surface area contributed by atoms with Crippen molar-refractivity contribution in [1.82, 2.24) is 0 Å². The molecule has 2 aromatic rings. The molecule has 1 atom stereocenters. The molecule has 2 rings (SSSR count). The molecule has 0 aromatic heterocycles. The Morgan fingerprint density at radius 1 is 0.955 bits per heavy atom. The average Bonchev–Trinajstić information content (AvgIpc) is 2.55. The van der Waals surface area contributed by atoms with E-state index in [4.69, 9.17) is 4.74 Å². The summed E-state index contributed by atoms with van der Waals surface area (Å²) in [7, 11) is -3.35. The van der Waals surface area contributed by atoms with E-state index in [0.717, 1.165) is 5.56 Å². The van der Waals surface area contributed by atoms with Gasteiger partial charge >= 0.3 is 0 Å². The zero-order valence-electron chi connectivity index (χ0n) is 12.3. The van der Waals surface area contributed by atoms with Crippen molar-refractivity contribution in [2.45, 2.75) is 24.0 Å². The maximum absolute atomic E-state index is 12.1. The average molecular weight is 320 g/mol. The Labute approximate surface area is 131 Å². The molecule has 118 valence electrons. The van der Waals surface area contributed by atoms with Crippen LogP contribution in [0.25, 0.3) is 0 Å². The predicted octanol–water partition coefficient (Wildman–Crippen LogP) is 2.43. The topological polar surface area (TPSA) is 63.6 Å². The Morgan fingerprint density at radius 2 is 1.55 bits per heavy atom. The van der Waals surface area contributed by atoms with Crippen LogP contribution in [0.1, 0.15) is 12.0 Å². The van der Waals surface area contributed by atoms with Gasteiger partial charge in [-0.05, 0) is 24.1 Å². The Kier molecular flexibility index (Phi) is 6.12. The van der Waals surface area contributed by atoms with Gasteiger partial charge in [0.05, 0.1) is 30.0 Å². The van der Waals surface area contributed by atoms with Crippen LogP contribution in [0.3, 0.4) is 0 Å². The first-order valence-corrected chi connectivity index (χ1v) is 8.81. The van der Waals surface area contributed by atoms with Crippen molar-refractivity contribution in [3.8, 4) is 0 Å². The van der Waals surface area contributed by atoms with Crippen LogP contribution in [0.4, 0.5) is 0 Å². The largest absolute Gasteiger partial charge is 0.391 e. The minimum Gasteiger partial charge on any atom is -0.391 e. The van der Waals surface area contributed by atoms with Gasteiger partial charge < -0.3 is 9.84 Å². The highest BCUT2D eigenvalue weighted by Crippen LogP contribution is 2.12. The molecule has 22 heavy (non-hydrogen) atoms. The fourth-order valence-corrected chi connectivity index (χ4v) is 3.40. The molecule has 0 saturated carbocycles. The molecule has 0 aliphatic heterocycles. The molecule has 5 heteroatoms. The van der Waals surface area contributed by atoms with E-state index in [9.17, 15) is 13.5 Å². The first-order chi connectivity index (χ1) is 10.6. The summed E-state index contributed by atoms with van der Waals surface area (Å²) in [6.07, 6.45) is -0.631. The van der Waals surface area contributed by atoms with Crippen molar-refractivity contribution in [2.75, 3.05) is 12.4 Å². The smallest absolute Gasteiger partial charge is 0.178 e. The number of aliphatic hydroxyl groups excluding tert-OH is 1. The number of aliphatic hydroxyl groups is 1. The Bertz CT molecular complexity index is 654. The molecular formula is C17H20O4S. The quantitative estimate of drug-likeness (QED) is 0.811. The van der Waals surface area contributed by atoms with Gasteiger partial charge in [-0.1, -0.05) is 48.5 Å². The third-order valence-corrected chi connectivity index (χ3v) is 5.01. The highest BCUT2D eigenvalue weighted by atomic mass is 32.2. The lowest BCUT2D eigenvalue weighted by Crippen LogP contribution is -2.20. The molecule has 0 saturated heterocycles. The Morgan fingerprint density at radius 3 is 2.18 bits per heavy atom. The molecule has 4 nitrogen and oxygen atoms in total. The lowest BCUT2D eigenvalue weighted by molar-refractivity contribution is 0.0273. The third kappa shape index (κ3) is 5.26. The highest BCUT2D eigenvalue weighted by Gasteiger charge is 2.16.